The van der Waals surface area contributed by atoms with Crippen LogP contribution in [-0.4, -0.2) is 48.2 Å². The minimum Gasteiger partial charge on any atom is -0.376 e. The molecule has 7 heteroatoms. The molecule has 0 unspecified atom stereocenters. The van der Waals surface area contributed by atoms with Gasteiger partial charge in [0.05, 0.1) is 12.7 Å². The SMILES string of the molecule is NC(=O)c1nccnc1NCCOC1CCNCC1. The van der Waals surface area contributed by atoms with E-state index in [2.05, 4.69) is 20.6 Å². The number of amides is 1. The van der Waals surface area contributed by atoms with Gasteiger partial charge >= 0.3 is 0 Å². The summed E-state index contributed by atoms with van der Waals surface area (Å²) in [5.74, 6) is -0.182. The van der Waals surface area contributed by atoms with E-state index in [4.69, 9.17) is 10.5 Å². The Morgan fingerprint density at radius 2 is 2.16 bits per heavy atom. The molecule has 104 valence electrons. The van der Waals surface area contributed by atoms with Crippen LogP contribution in [0.25, 0.3) is 0 Å². The predicted molar refractivity (Wildman–Crippen MR) is 70.9 cm³/mol. The third-order valence-corrected chi connectivity index (χ3v) is 2.97. The normalized spacial score (nSPS) is 16.2. The van der Waals surface area contributed by atoms with Gasteiger partial charge in [-0.1, -0.05) is 0 Å². The molecule has 0 atom stereocenters. The average Bonchev–Trinajstić information content (AvgIpc) is 2.45. The fourth-order valence-electron chi connectivity index (χ4n) is 2.00. The minimum absolute atomic E-state index is 0.157. The molecule has 0 radical (unpaired) electrons. The molecule has 0 aliphatic carbocycles. The number of carbonyl (C=O) groups is 1. The van der Waals surface area contributed by atoms with Gasteiger partial charge in [0.15, 0.2) is 11.5 Å². The number of hydrogen-bond donors (Lipinski definition) is 3. The second-order valence-corrected chi connectivity index (χ2v) is 4.36. The standard InChI is InChI=1S/C12H19N5O2/c13-11(18)10-12(16-6-5-15-10)17-7-8-19-9-1-3-14-4-2-9/h5-6,9,14H,1-4,7-8H2,(H2,13,18)(H,16,17). The number of rotatable bonds is 6. The van der Waals surface area contributed by atoms with E-state index in [1.165, 1.54) is 12.4 Å². The fraction of sp³-hybridized carbons (Fsp3) is 0.583. The number of piperidine rings is 1. The van der Waals surface area contributed by atoms with Gasteiger partial charge in [-0.15, -0.1) is 0 Å². The summed E-state index contributed by atoms with van der Waals surface area (Å²) in [7, 11) is 0. The largest absolute Gasteiger partial charge is 0.376 e. The van der Waals surface area contributed by atoms with Crippen molar-refractivity contribution >= 4 is 11.7 Å². The number of ether oxygens (including phenoxy) is 1. The first-order valence-corrected chi connectivity index (χ1v) is 6.44. The quantitative estimate of drug-likeness (QED) is 0.613. The molecular formula is C12H19N5O2. The lowest BCUT2D eigenvalue weighted by Gasteiger charge is -2.23. The maximum absolute atomic E-state index is 11.1. The van der Waals surface area contributed by atoms with Crippen LogP contribution in [0.5, 0.6) is 0 Å². The molecule has 1 saturated heterocycles. The number of carbonyl (C=O) groups excluding carboxylic acids is 1. The second kappa shape index (κ2) is 7.01. The van der Waals surface area contributed by atoms with Crippen LogP contribution in [0.1, 0.15) is 23.3 Å². The highest BCUT2D eigenvalue weighted by atomic mass is 16.5. The van der Waals surface area contributed by atoms with Crippen LogP contribution in [0.15, 0.2) is 12.4 Å². The molecule has 1 aliphatic heterocycles. The van der Waals surface area contributed by atoms with E-state index in [-0.39, 0.29) is 5.69 Å². The van der Waals surface area contributed by atoms with Crippen molar-refractivity contribution in [3.8, 4) is 0 Å². The number of nitrogens with zero attached hydrogens (tertiary/aromatic N) is 2. The lowest BCUT2D eigenvalue weighted by molar-refractivity contribution is 0.0394. The summed E-state index contributed by atoms with van der Waals surface area (Å²) >= 11 is 0. The number of primary amides is 1. The Hall–Kier alpha value is -1.73. The van der Waals surface area contributed by atoms with Crippen LogP contribution in [0, 0.1) is 0 Å². The smallest absolute Gasteiger partial charge is 0.271 e. The van der Waals surface area contributed by atoms with Crippen LogP contribution in [0.3, 0.4) is 0 Å². The van der Waals surface area contributed by atoms with Crippen molar-refractivity contribution in [3.63, 3.8) is 0 Å². The first kappa shape index (κ1) is 13.7. The van der Waals surface area contributed by atoms with Crippen LogP contribution in [0.4, 0.5) is 5.82 Å². The zero-order valence-corrected chi connectivity index (χ0v) is 10.8. The van der Waals surface area contributed by atoms with Crippen LogP contribution >= 0.6 is 0 Å². The van der Waals surface area contributed by atoms with Crippen LogP contribution < -0.4 is 16.4 Å². The molecule has 1 aliphatic rings. The fourth-order valence-corrected chi connectivity index (χ4v) is 2.00. The van der Waals surface area contributed by atoms with Crippen molar-refractivity contribution in [2.75, 3.05) is 31.6 Å². The molecule has 0 saturated carbocycles. The van der Waals surface area contributed by atoms with Gasteiger partial charge in [0.25, 0.3) is 5.91 Å². The number of hydrogen-bond acceptors (Lipinski definition) is 6. The summed E-state index contributed by atoms with van der Waals surface area (Å²) in [6, 6.07) is 0. The monoisotopic (exact) mass is 265 g/mol. The Labute approximate surface area is 111 Å². The molecular weight excluding hydrogens is 246 g/mol. The van der Waals surface area contributed by atoms with E-state index in [1.54, 1.807) is 0 Å². The van der Waals surface area contributed by atoms with Crippen molar-refractivity contribution < 1.29 is 9.53 Å². The summed E-state index contributed by atoms with van der Waals surface area (Å²) < 4.78 is 5.74. The lowest BCUT2D eigenvalue weighted by Crippen LogP contribution is -2.33. The van der Waals surface area contributed by atoms with Crippen LogP contribution in [0.2, 0.25) is 0 Å². The van der Waals surface area contributed by atoms with Gasteiger partial charge < -0.3 is 21.1 Å². The highest BCUT2D eigenvalue weighted by Gasteiger charge is 2.13. The minimum atomic E-state index is -0.588. The van der Waals surface area contributed by atoms with E-state index >= 15 is 0 Å². The zero-order valence-electron chi connectivity index (χ0n) is 10.8. The second-order valence-electron chi connectivity index (χ2n) is 4.36. The van der Waals surface area contributed by atoms with Crippen molar-refractivity contribution in [2.45, 2.75) is 18.9 Å². The van der Waals surface area contributed by atoms with Gasteiger partial charge in [-0.3, -0.25) is 4.79 Å². The summed E-state index contributed by atoms with van der Waals surface area (Å²) in [6.07, 6.45) is 5.36. The van der Waals surface area contributed by atoms with E-state index in [0.29, 0.717) is 25.1 Å². The number of nitrogens with one attached hydrogen (secondary N) is 2. The number of aromatic nitrogens is 2. The third-order valence-electron chi connectivity index (χ3n) is 2.97. The third kappa shape index (κ3) is 4.15. The molecule has 2 heterocycles. The lowest BCUT2D eigenvalue weighted by atomic mass is 10.1. The number of anilines is 1. The summed E-state index contributed by atoms with van der Waals surface area (Å²) in [5.41, 5.74) is 5.37. The van der Waals surface area contributed by atoms with Crippen LogP contribution in [-0.2, 0) is 4.74 Å². The summed E-state index contributed by atoms with van der Waals surface area (Å²) in [4.78, 5) is 19.1. The Morgan fingerprint density at radius 1 is 1.42 bits per heavy atom. The first-order chi connectivity index (χ1) is 9.27. The summed E-state index contributed by atoms with van der Waals surface area (Å²) in [5, 5.41) is 6.30. The molecule has 7 nitrogen and oxygen atoms in total. The van der Waals surface area contributed by atoms with E-state index in [1.807, 2.05) is 0 Å². The molecule has 4 N–H and O–H groups in total. The van der Waals surface area contributed by atoms with Crippen molar-refractivity contribution in [1.82, 2.24) is 15.3 Å². The molecule has 2 rings (SSSR count). The average molecular weight is 265 g/mol. The molecule has 1 amide bonds. The van der Waals surface area contributed by atoms with Crippen molar-refractivity contribution in [2.24, 2.45) is 5.73 Å². The highest BCUT2D eigenvalue weighted by molar-refractivity contribution is 5.95. The number of nitrogens with two attached hydrogens (primary N) is 1. The molecule has 19 heavy (non-hydrogen) atoms. The molecule has 0 aromatic carbocycles. The Kier molecular flexibility index (Phi) is 5.05. The van der Waals surface area contributed by atoms with E-state index in [0.717, 1.165) is 25.9 Å². The molecule has 1 aromatic heterocycles. The van der Waals surface area contributed by atoms with Gasteiger partial charge in [0, 0.05) is 18.9 Å². The Morgan fingerprint density at radius 3 is 2.89 bits per heavy atom. The Balaban J connectivity index is 1.74. The highest BCUT2D eigenvalue weighted by Crippen LogP contribution is 2.08. The molecule has 0 spiro atoms. The maximum atomic E-state index is 11.1. The predicted octanol–water partition coefficient (Wildman–Crippen LogP) is -0.244. The maximum Gasteiger partial charge on any atom is 0.271 e. The van der Waals surface area contributed by atoms with Gasteiger partial charge in [0.2, 0.25) is 0 Å². The first-order valence-electron chi connectivity index (χ1n) is 6.44. The van der Waals surface area contributed by atoms with Gasteiger partial charge in [-0.2, -0.15) is 0 Å². The zero-order chi connectivity index (χ0) is 13.5. The molecule has 1 fully saturated rings. The summed E-state index contributed by atoms with van der Waals surface area (Å²) in [6.45, 7) is 3.16. The Bertz CT molecular complexity index is 420. The molecule has 1 aromatic rings. The van der Waals surface area contributed by atoms with E-state index in [9.17, 15) is 4.79 Å². The topological polar surface area (TPSA) is 102 Å². The van der Waals surface area contributed by atoms with Gasteiger partial charge in [0.1, 0.15) is 0 Å². The van der Waals surface area contributed by atoms with Crippen molar-refractivity contribution in [3.05, 3.63) is 18.1 Å². The van der Waals surface area contributed by atoms with Gasteiger partial charge in [-0.25, -0.2) is 9.97 Å². The van der Waals surface area contributed by atoms with Gasteiger partial charge in [-0.05, 0) is 25.9 Å². The van der Waals surface area contributed by atoms with E-state index < -0.39 is 5.91 Å². The molecule has 0 bridgehead atoms. The van der Waals surface area contributed by atoms with Crippen molar-refractivity contribution in [1.29, 1.82) is 0 Å².